The predicted molar refractivity (Wildman–Crippen MR) is 109 cm³/mol. The molecule has 0 aliphatic carbocycles. The fraction of sp³-hybridized carbons (Fsp3) is 0.200. The predicted octanol–water partition coefficient (Wildman–Crippen LogP) is 4.61. The maximum absolute atomic E-state index is 12.3. The standard InChI is InChI=1S/C20H19N3O4S/c1-3-27-17-8-5-14(6-9-17)20-21-15(12-28-20)10-19(24)22-18-11-16(23(25)26)7-4-13(18)2/h4-9,11-12H,3,10H2,1-2H3,(H,22,24). The summed E-state index contributed by atoms with van der Waals surface area (Å²) in [7, 11) is 0. The molecule has 3 rings (SSSR count). The molecule has 0 radical (unpaired) electrons. The minimum atomic E-state index is -0.487. The number of nitro benzene ring substituents is 1. The van der Waals surface area contributed by atoms with Crippen molar-refractivity contribution in [1.82, 2.24) is 4.98 Å². The van der Waals surface area contributed by atoms with E-state index in [-0.39, 0.29) is 18.0 Å². The Labute approximate surface area is 166 Å². The summed E-state index contributed by atoms with van der Waals surface area (Å²) in [6.07, 6.45) is 0.0929. The number of thiazole rings is 1. The summed E-state index contributed by atoms with van der Waals surface area (Å²) in [6, 6.07) is 12.0. The van der Waals surface area contributed by atoms with Crippen LogP contribution in [0.15, 0.2) is 47.8 Å². The molecule has 1 aromatic heterocycles. The number of nitro groups is 1. The van der Waals surface area contributed by atoms with Crippen molar-refractivity contribution >= 4 is 28.6 Å². The first-order chi connectivity index (χ1) is 13.5. The number of aromatic nitrogens is 1. The molecular formula is C20H19N3O4S. The lowest BCUT2D eigenvalue weighted by Crippen LogP contribution is -2.15. The number of nitrogens with one attached hydrogen (secondary N) is 1. The Kier molecular flexibility index (Phi) is 6.00. The minimum Gasteiger partial charge on any atom is -0.494 e. The van der Waals surface area contributed by atoms with Crippen LogP contribution < -0.4 is 10.1 Å². The number of ether oxygens (including phenoxy) is 1. The van der Waals surface area contributed by atoms with Crippen LogP contribution in [0.3, 0.4) is 0 Å². The van der Waals surface area contributed by atoms with Gasteiger partial charge in [-0.1, -0.05) is 6.07 Å². The summed E-state index contributed by atoms with van der Waals surface area (Å²) in [4.78, 5) is 27.3. The first-order valence-corrected chi connectivity index (χ1v) is 9.56. The van der Waals surface area contributed by atoms with Gasteiger partial charge >= 0.3 is 0 Å². The number of nitrogens with zero attached hydrogens (tertiary/aromatic N) is 2. The van der Waals surface area contributed by atoms with Gasteiger partial charge in [-0.15, -0.1) is 11.3 Å². The molecule has 2 aromatic carbocycles. The van der Waals surface area contributed by atoms with Crippen molar-refractivity contribution < 1.29 is 14.5 Å². The summed E-state index contributed by atoms with van der Waals surface area (Å²) in [5.74, 6) is 0.530. The van der Waals surface area contributed by atoms with E-state index in [2.05, 4.69) is 10.3 Å². The van der Waals surface area contributed by atoms with Gasteiger partial charge in [0.05, 0.1) is 29.3 Å². The van der Waals surface area contributed by atoms with Crippen molar-refractivity contribution in [3.63, 3.8) is 0 Å². The molecule has 1 N–H and O–H groups in total. The van der Waals surface area contributed by atoms with Gasteiger partial charge in [-0.25, -0.2) is 4.98 Å². The average Bonchev–Trinajstić information content (AvgIpc) is 3.12. The number of hydrogen-bond acceptors (Lipinski definition) is 6. The fourth-order valence-electron chi connectivity index (χ4n) is 2.60. The van der Waals surface area contributed by atoms with E-state index in [1.165, 1.54) is 23.5 Å². The van der Waals surface area contributed by atoms with E-state index in [9.17, 15) is 14.9 Å². The van der Waals surface area contributed by atoms with E-state index in [0.29, 0.717) is 18.0 Å². The first kappa shape index (κ1) is 19.5. The molecule has 28 heavy (non-hydrogen) atoms. The van der Waals surface area contributed by atoms with Crippen LogP contribution in [0.5, 0.6) is 5.75 Å². The normalized spacial score (nSPS) is 10.5. The molecule has 0 bridgehead atoms. The number of aryl methyl sites for hydroxylation is 1. The van der Waals surface area contributed by atoms with Crippen LogP contribution in [0.25, 0.3) is 10.6 Å². The van der Waals surface area contributed by atoms with Crippen LogP contribution in [0.1, 0.15) is 18.2 Å². The van der Waals surface area contributed by atoms with Gasteiger partial charge < -0.3 is 10.1 Å². The Morgan fingerprint density at radius 3 is 2.68 bits per heavy atom. The highest BCUT2D eigenvalue weighted by atomic mass is 32.1. The third-order valence-electron chi connectivity index (χ3n) is 4.01. The van der Waals surface area contributed by atoms with Gasteiger partial charge in [0.2, 0.25) is 5.91 Å². The third kappa shape index (κ3) is 4.72. The zero-order valence-electron chi connectivity index (χ0n) is 15.5. The van der Waals surface area contributed by atoms with Gasteiger partial charge in [0.1, 0.15) is 10.8 Å². The quantitative estimate of drug-likeness (QED) is 0.464. The largest absolute Gasteiger partial charge is 0.494 e. The molecule has 0 saturated carbocycles. The van der Waals surface area contributed by atoms with Crippen LogP contribution >= 0.6 is 11.3 Å². The highest BCUT2D eigenvalue weighted by Crippen LogP contribution is 2.26. The second kappa shape index (κ2) is 8.62. The zero-order chi connectivity index (χ0) is 20.1. The van der Waals surface area contributed by atoms with Crippen LogP contribution in [-0.4, -0.2) is 22.4 Å². The number of carbonyl (C=O) groups is 1. The highest BCUT2D eigenvalue weighted by Gasteiger charge is 2.13. The molecule has 0 fully saturated rings. The Morgan fingerprint density at radius 1 is 1.25 bits per heavy atom. The van der Waals surface area contributed by atoms with E-state index in [0.717, 1.165) is 21.9 Å². The summed E-state index contributed by atoms with van der Waals surface area (Å²) in [5, 5.41) is 16.3. The maximum atomic E-state index is 12.3. The number of rotatable bonds is 7. The minimum absolute atomic E-state index is 0.0626. The van der Waals surface area contributed by atoms with E-state index in [1.54, 1.807) is 13.0 Å². The Balaban J connectivity index is 1.67. The van der Waals surface area contributed by atoms with Crippen molar-refractivity contribution in [3.05, 3.63) is 69.2 Å². The molecule has 0 unspecified atom stereocenters. The maximum Gasteiger partial charge on any atom is 0.271 e. The smallest absolute Gasteiger partial charge is 0.271 e. The lowest BCUT2D eigenvalue weighted by atomic mass is 10.1. The lowest BCUT2D eigenvalue weighted by Gasteiger charge is -2.07. The van der Waals surface area contributed by atoms with Gasteiger partial charge in [-0.2, -0.15) is 0 Å². The van der Waals surface area contributed by atoms with E-state index in [1.807, 2.05) is 36.6 Å². The second-order valence-electron chi connectivity index (χ2n) is 6.08. The van der Waals surface area contributed by atoms with Crippen LogP contribution in [0.4, 0.5) is 11.4 Å². The van der Waals surface area contributed by atoms with Gasteiger partial charge in [-0.05, 0) is 43.7 Å². The van der Waals surface area contributed by atoms with Crippen LogP contribution in [0.2, 0.25) is 0 Å². The van der Waals surface area contributed by atoms with E-state index >= 15 is 0 Å². The monoisotopic (exact) mass is 397 g/mol. The third-order valence-corrected chi connectivity index (χ3v) is 4.95. The topological polar surface area (TPSA) is 94.4 Å². The molecule has 1 amide bonds. The number of non-ortho nitro benzene ring substituents is 1. The molecule has 8 heteroatoms. The van der Waals surface area contributed by atoms with Crippen molar-refractivity contribution in [2.75, 3.05) is 11.9 Å². The van der Waals surface area contributed by atoms with E-state index in [4.69, 9.17) is 4.74 Å². The number of carbonyl (C=O) groups excluding carboxylic acids is 1. The van der Waals surface area contributed by atoms with Crippen molar-refractivity contribution in [1.29, 1.82) is 0 Å². The summed E-state index contributed by atoms with van der Waals surface area (Å²) in [6.45, 7) is 4.33. The Hall–Kier alpha value is -3.26. The fourth-order valence-corrected chi connectivity index (χ4v) is 3.42. The van der Waals surface area contributed by atoms with Gasteiger partial charge in [0.15, 0.2) is 0 Å². The first-order valence-electron chi connectivity index (χ1n) is 8.69. The molecule has 3 aromatic rings. The van der Waals surface area contributed by atoms with Crippen LogP contribution in [-0.2, 0) is 11.2 Å². The number of hydrogen-bond donors (Lipinski definition) is 1. The molecule has 7 nitrogen and oxygen atoms in total. The Morgan fingerprint density at radius 2 is 2.00 bits per heavy atom. The number of benzene rings is 2. The zero-order valence-corrected chi connectivity index (χ0v) is 16.3. The molecule has 144 valence electrons. The summed E-state index contributed by atoms with van der Waals surface area (Å²) >= 11 is 1.46. The molecular weight excluding hydrogens is 378 g/mol. The number of amides is 1. The Bertz CT molecular complexity index is 999. The van der Waals surface area contributed by atoms with Gasteiger partial charge in [0.25, 0.3) is 5.69 Å². The van der Waals surface area contributed by atoms with Crippen LogP contribution in [0, 0.1) is 17.0 Å². The number of anilines is 1. The molecule has 0 saturated heterocycles. The molecule has 1 heterocycles. The highest BCUT2D eigenvalue weighted by molar-refractivity contribution is 7.13. The summed E-state index contributed by atoms with van der Waals surface area (Å²) in [5.41, 5.74) is 2.73. The molecule has 0 atom stereocenters. The lowest BCUT2D eigenvalue weighted by molar-refractivity contribution is -0.384. The van der Waals surface area contributed by atoms with Crippen molar-refractivity contribution in [2.45, 2.75) is 20.3 Å². The van der Waals surface area contributed by atoms with Gasteiger partial charge in [0, 0.05) is 23.1 Å². The SMILES string of the molecule is CCOc1ccc(-c2nc(CC(=O)Nc3cc([N+](=O)[O-])ccc3C)cs2)cc1. The summed E-state index contributed by atoms with van der Waals surface area (Å²) < 4.78 is 5.43. The van der Waals surface area contributed by atoms with Crippen molar-refractivity contribution in [2.24, 2.45) is 0 Å². The van der Waals surface area contributed by atoms with E-state index < -0.39 is 4.92 Å². The molecule has 0 spiro atoms. The molecule has 0 aliphatic rings. The van der Waals surface area contributed by atoms with Gasteiger partial charge in [-0.3, -0.25) is 14.9 Å². The molecule has 0 aliphatic heterocycles. The average molecular weight is 397 g/mol. The van der Waals surface area contributed by atoms with Crippen molar-refractivity contribution in [3.8, 4) is 16.3 Å². The second-order valence-corrected chi connectivity index (χ2v) is 6.94.